The summed E-state index contributed by atoms with van der Waals surface area (Å²) in [5.41, 5.74) is 5.25. The van der Waals surface area contributed by atoms with Crippen molar-refractivity contribution in [1.82, 2.24) is 0 Å². The van der Waals surface area contributed by atoms with Gasteiger partial charge in [0, 0.05) is 22.3 Å². The van der Waals surface area contributed by atoms with Crippen LogP contribution in [0.3, 0.4) is 0 Å². The first-order valence-electron chi connectivity index (χ1n) is 10.0. The van der Waals surface area contributed by atoms with E-state index in [0.717, 1.165) is 33.4 Å². The molecule has 4 aromatic carbocycles. The van der Waals surface area contributed by atoms with Crippen LogP contribution in [0.5, 0.6) is 0 Å². The minimum atomic E-state index is -0.307. The number of hydrogen-bond donors (Lipinski definition) is 0. The summed E-state index contributed by atoms with van der Waals surface area (Å²) in [4.78, 5) is 0. The Hall–Kier alpha value is -3.98. The predicted molar refractivity (Wildman–Crippen MR) is 120 cm³/mol. The molecule has 31 heavy (non-hydrogen) atoms. The number of furan rings is 1. The molecule has 0 radical (unpaired) electrons. The molecule has 0 spiro atoms. The highest BCUT2D eigenvalue weighted by Crippen LogP contribution is 2.48. The smallest absolute Gasteiger partial charge is 0.143 e. The van der Waals surface area contributed by atoms with Crippen molar-refractivity contribution in [2.24, 2.45) is 0 Å². The van der Waals surface area contributed by atoms with Gasteiger partial charge in [0.15, 0.2) is 0 Å². The van der Waals surface area contributed by atoms with Crippen LogP contribution in [0.2, 0.25) is 0 Å². The molecule has 0 amide bonds. The quantitative estimate of drug-likeness (QED) is 0.292. The first-order chi connectivity index (χ1) is 15.2. The molecule has 0 unspecified atom stereocenters. The van der Waals surface area contributed by atoms with E-state index in [0.29, 0.717) is 11.5 Å². The third-order valence-electron chi connectivity index (χ3n) is 5.25. The topological polar surface area (TPSA) is 13.1 Å². The van der Waals surface area contributed by atoms with Crippen LogP contribution in [-0.4, -0.2) is 0 Å². The molecule has 0 aliphatic rings. The lowest BCUT2D eigenvalue weighted by molar-refractivity contribution is 0.597. The van der Waals surface area contributed by atoms with Crippen molar-refractivity contribution < 1.29 is 13.2 Å². The molecular weight excluding hydrogens is 390 g/mol. The third kappa shape index (κ3) is 3.66. The predicted octanol–water partition coefficient (Wildman–Crippen LogP) is 8.23. The van der Waals surface area contributed by atoms with Gasteiger partial charge < -0.3 is 4.42 Å². The highest BCUT2D eigenvalue weighted by atomic mass is 19.1. The highest BCUT2D eigenvalue weighted by molar-refractivity contribution is 5.99. The molecule has 0 bridgehead atoms. The molecule has 0 fully saturated rings. The number of hydrogen-bond acceptors (Lipinski definition) is 1. The van der Waals surface area contributed by atoms with E-state index in [1.807, 2.05) is 60.7 Å². The summed E-state index contributed by atoms with van der Waals surface area (Å²) >= 11 is 0. The van der Waals surface area contributed by atoms with Gasteiger partial charge in [-0.3, -0.25) is 0 Å². The van der Waals surface area contributed by atoms with Crippen LogP contribution in [-0.2, 0) is 0 Å². The van der Waals surface area contributed by atoms with Crippen molar-refractivity contribution in [2.75, 3.05) is 0 Å². The lowest BCUT2D eigenvalue weighted by atomic mass is 9.91. The maximum atomic E-state index is 13.7. The second-order valence-corrected chi connectivity index (χ2v) is 7.26. The summed E-state index contributed by atoms with van der Waals surface area (Å²) in [5.74, 6) is 0.724. The standard InChI is InChI=1S/C28H18F2O/c29-23-15-11-20(12-16-23)26-25(19-7-3-1-4-8-19)28(22-13-17-24(30)18-14-22)31-27(26)21-9-5-2-6-10-21/h1-18H. The van der Waals surface area contributed by atoms with E-state index in [-0.39, 0.29) is 11.6 Å². The minimum absolute atomic E-state index is 0.298. The second-order valence-electron chi connectivity index (χ2n) is 7.26. The van der Waals surface area contributed by atoms with E-state index < -0.39 is 0 Å². The van der Waals surface area contributed by atoms with Gasteiger partial charge >= 0.3 is 0 Å². The zero-order valence-electron chi connectivity index (χ0n) is 16.6. The van der Waals surface area contributed by atoms with E-state index in [9.17, 15) is 8.78 Å². The van der Waals surface area contributed by atoms with Gasteiger partial charge in [0.2, 0.25) is 0 Å². The summed E-state index contributed by atoms with van der Waals surface area (Å²) in [6.07, 6.45) is 0. The van der Waals surface area contributed by atoms with Crippen LogP contribution in [0.1, 0.15) is 0 Å². The van der Waals surface area contributed by atoms with E-state index in [4.69, 9.17) is 4.42 Å². The Balaban J connectivity index is 1.87. The monoisotopic (exact) mass is 408 g/mol. The van der Waals surface area contributed by atoms with Gasteiger partial charge in [-0.15, -0.1) is 0 Å². The highest BCUT2D eigenvalue weighted by Gasteiger charge is 2.25. The van der Waals surface area contributed by atoms with E-state index in [1.54, 1.807) is 24.3 Å². The van der Waals surface area contributed by atoms with Crippen LogP contribution in [0.15, 0.2) is 114 Å². The summed E-state index contributed by atoms with van der Waals surface area (Å²) < 4.78 is 33.8. The maximum Gasteiger partial charge on any atom is 0.143 e. The first kappa shape index (κ1) is 19.0. The molecule has 0 atom stereocenters. The second kappa shape index (κ2) is 8.04. The molecule has 0 aliphatic carbocycles. The van der Waals surface area contributed by atoms with Gasteiger partial charge in [-0.25, -0.2) is 8.78 Å². The van der Waals surface area contributed by atoms with Crippen molar-refractivity contribution in [3.05, 3.63) is 121 Å². The maximum absolute atomic E-state index is 13.7. The molecule has 5 aromatic rings. The van der Waals surface area contributed by atoms with Gasteiger partial charge in [-0.2, -0.15) is 0 Å². The Morgan fingerprint density at radius 3 is 1.23 bits per heavy atom. The minimum Gasteiger partial charge on any atom is -0.455 e. The molecule has 1 aromatic heterocycles. The van der Waals surface area contributed by atoms with Crippen LogP contribution >= 0.6 is 0 Å². The average Bonchev–Trinajstić information content (AvgIpc) is 3.22. The SMILES string of the molecule is Fc1ccc(-c2oc(-c3ccccc3)c(-c3ccc(F)cc3)c2-c2ccccc2)cc1. The Bertz CT molecular complexity index is 1300. The van der Waals surface area contributed by atoms with E-state index in [2.05, 4.69) is 0 Å². The lowest BCUT2D eigenvalue weighted by Gasteiger charge is -2.08. The van der Waals surface area contributed by atoms with Crippen molar-refractivity contribution in [3.63, 3.8) is 0 Å². The molecule has 150 valence electrons. The van der Waals surface area contributed by atoms with Gasteiger partial charge in [0.25, 0.3) is 0 Å². The van der Waals surface area contributed by atoms with E-state index >= 15 is 0 Å². The zero-order valence-corrected chi connectivity index (χ0v) is 16.6. The largest absolute Gasteiger partial charge is 0.455 e. The molecule has 5 rings (SSSR count). The molecule has 1 nitrogen and oxygen atoms in total. The Morgan fingerprint density at radius 2 is 0.742 bits per heavy atom. The molecule has 0 aliphatic heterocycles. The molecule has 0 saturated heterocycles. The summed E-state index contributed by atoms with van der Waals surface area (Å²) in [6.45, 7) is 0. The van der Waals surface area contributed by atoms with Gasteiger partial charge in [-0.05, 0) is 47.5 Å². The zero-order chi connectivity index (χ0) is 21.2. The summed E-state index contributed by atoms with van der Waals surface area (Å²) in [7, 11) is 0. The van der Waals surface area contributed by atoms with Crippen LogP contribution in [0.4, 0.5) is 8.78 Å². The summed E-state index contributed by atoms with van der Waals surface area (Å²) in [5, 5.41) is 0. The van der Waals surface area contributed by atoms with Crippen molar-refractivity contribution >= 4 is 0 Å². The molecule has 0 saturated carbocycles. The third-order valence-corrected chi connectivity index (χ3v) is 5.25. The average molecular weight is 408 g/mol. The first-order valence-corrected chi connectivity index (χ1v) is 10.0. The van der Waals surface area contributed by atoms with Crippen molar-refractivity contribution in [3.8, 4) is 44.9 Å². The summed E-state index contributed by atoms with van der Waals surface area (Å²) in [6, 6.07) is 32.4. The molecule has 1 heterocycles. The molecular formula is C28H18F2O. The van der Waals surface area contributed by atoms with Crippen molar-refractivity contribution in [2.45, 2.75) is 0 Å². The number of halogens is 2. The number of benzene rings is 4. The van der Waals surface area contributed by atoms with Crippen LogP contribution in [0, 0.1) is 11.6 Å². The Labute approximate surface area is 179 Å². The van der Waals surface area contributed by atoms with Gasteiger partial charge in [-0.1, -0.05) is 72.8 Å². The lowest BCUT2D eigenvalue weighted by Crippen LogP contribution is -1.86. The molecule has 0 N–H and O–H groups in total. The fourth-order valence-electron chi connectivity index (χ4n) is 3.80. The normalized spacial score (nSPS) is 10.9. The van der Waals surface area contributed by atoms with Crippen LogP contribution in [0.25, 0.3) is 44.9 Å². The fraction of sp³-hybridized carbons (Fsp3) is 0. The molecule has 3 heteroatoms. The Kier molecular flexibility index (Phi) is 4.93. The van der Waals surface area contributed by atoms with Crippen molar-refractivity contribution in [1.29, 1.82) is 0 Å². The Morgan fingerprint density at radius 1 is 0.387 bits per heavy atom. The van der Waals surface area contributed by atoms with Gasteiger partial charge in [0.05, 0.1) is 0 Å². The van der Waals surface area contributed by atoms with E-state index in [1.165, 1.54) is 24.3 Å². The van der Waals surface area contributed by atoms with Crippen LogP contribution < -0.4 is 0 Å². The van der Waals surface area contributed by atoms with Gasteiger partial charge in [0.1, 0.15) is 23.2 Å². The fourth-order valence-corrected chi connectivity index (χ4v) is 3.80. The number of rotatable bonds is 4.